The number of phosphoric ester groups is 1. The van der Waals surface area contributed by atoms with Crippen LogP contribution in [0.5, 0.6) is 0 Å². The van der Waals surface area contributed by atoms with Gasteiger partial charge in [-0.1, -0.05) is 199 Å². The molecule has 0 saturated carbocycles. The van der Waals surface area contributed by atoms with Crippen LogP contribution >= 0.6 is 7.82 Å². The van der Waals surface area contributed by atoms with Crippen LogP contribution in [0.1, 0.15) is 206 Å². The van der Waals surface area contributed by atoms with E-state index in [1.165, 1.54) is 141 Å². The van der Waals surface area contributed by atoms with Gasteiger partial charge in [-0.2, -0.15) is 0 Å². The molecular weight excluding hydrogens is 695 g/mol. The maximum Gasteiger partial charge on any atom is 0.268 e. The number of hydrogen-bond acceptors (Lipinski definition) is 6. The third-order valence-corrected chi connectivity index (χ3v) is 11.1. The van der Waals surface area contributed by atoms with Crippen molar-refractivity contribution in [2.24, 2.45) is 0 Å². The third-order valence-electron chi connectivity index (χ3n) is 10.1. The largest absolute Gasteiger partial charge is 0.756 e. The Morgan fingerprint density at radius 3 is 1.46 bits per heavy atom. The van der Waals surface area contributed by atoms with Gasteiger partial charge in [-0.05, 0) is 25.7 Å². The average Bonchev–Trinajstić information content (AvgIpc) is 3.12. The molecule has 9 heteroatoms. The zero-order valence-electron chi connectivity index (χ0n) is 36.2. The zero-order valence-corrected chi connectivity index (χ0v) is 37.1. The van der Waals surface area contributed by atoms with Crippen LogP contribution in [-0.4, -0.2) is 68.5 Å². The fourth-order valence-corrected chi connectivity index (χ4v) is 7.25. The molecule has 1 amide bonds. The monoisotopic (exact) mass is 785 g/mol. The quantitative estimate of drug-likeness (QED) is 0.0277. The predicted octanol–water partition coefficient (Wildman–Crippen LogP) is 11.9. The Labute approximate surface area is 334 Å². The second kappa shape index (κ2) is 37.6. The topological polar surface area (TPSA) is 108 Å². The van der Waals surface area contributed by atoms with E-state index < -0.39 is 26.6 Å². The van der Waals surface area contributed by atoms with Crippen LogP contribution in [0.4, 0.5) is 0 Å². The van der Waals surface area contributed by atoms with Crippen molar-refractivity contribution in [1.29, 1.82) is 0 Å². The molecule has 8 nitrogen and oxygen atoms in total. The maximum absolute atomic E-state index is 12.8. The highest BCUT2D eigenvalue weighted by atomic mass is 31.2. The van der Waals surface area contributed by atoms with Crippen LogP contribution in [0.15, 0.2) is 24.3 Å². The maximum atomic E-state index is 12.8. The highest BCUT2D eigenvalue weighted by molar-refractivity contribution is 7.45. The summed E-state index contributed by atoms with van der Waals surface area (Å²) in [5, 5.41) is 13.6. The van der Waals surface area contributed by atoms with Crippen LogP contribution in [0.2, 0.25) is 0 Å². The number of aliphatic hydroxyl groups is 1. The first-order chi connectivity index (χ1) is 26.0. The number of likely N-dealkylation sites (N-methyl/N-ethyl adjacent to an activating group) is 1. The molecule has 0 spiro atoms. The van der Waals surface area contributed by atoms with Gasteiger partial charge in [-0.15, -0.1) is 0 Å². The van der Waals surface area contributed by atoms with Crippen LogP contribution in [0, 0.1) is 0 Å². The van der Waals surface area contributed by atoms with Crippen LogP contribution in [0.25, 0.3) is 0 Å². The van der Waals surface area contributed by atoms with Gasteiger partial charge in [0.25, 0.3) is 7.82 Å². The molecule has 0 aliphatic carbocycles. The van der Waals surface area contributed by atoms with E-state index in [9.17, 15) is 19.4 Å². The molecule has 0 heterocycles. The number of hydrogen-bond donors (Lipinski definition) is 2. The highest BCUT2D eigenvalue weighted by Gasteiger charge is 2.23. The first kappa shape index (κ1) is 53.0. The number of unbranched alkanes of at least 4 members (excludes halogenated alkanes) is 26. The van der Waals surface area contributed by atoms with E-state index in [1.807, 2.05) is 27.2 Å². The Hall–Kier alpha value is -1.02. The number of nitrogens with zero attached hydrogens (tertiary/aromatic N) is 1. The van der Waals surface area contributed by atoms with Crippen molar-refractivity contribution in [3.05, 3.63) is 24.3 Å². The number of allylic oxidation sites excluding steroid dienone is 3. The van der Waals surface area contributed by atoms with Crippen LogP contribution < -0.4 is 10.2 Å². The number of phosphoric acid groups is 1. The summed E-state index contributed by atoms with van der Waals surface area (Å²) in [6, 6.07) is -0.895. The van der Waals surface area contributed by atoms with Gasteiger partial charge in [0.05, 0.1) is 39.9 Å². The summed E-state index contributed by atoms with van der Waals surface area (Å²) >= 11 is 0. The van der Waals surface area contributed by atoms with E-state index in [2.05, 4.69) is 31.3 Å². The minimum atomic E-state index is -4.58. The molecule has 0 aliphatic heterocycles. The number of amides is 1. The SMILES string of the molecule is CCC/C=C/CC/C=C/C(O)C(COP(=O)([O-])OCC[N+](C)(C)C)NC(=O)CCCCCCCCCCCCCCCCCCCCCCCCCCC. The summed E-state index contributed by atoms with van der Waals surface area (Å²) in [5.74, 6) is -0.209. The van der Waals surface area contributed by atoms with Crippen molar-refractivity contribution in [3.63, 3.8) is 0 Å². The second-order valence-electron chi connectivity index (χ2n) is 16.8. The van der Waals surface area contributed by atoms with E-state index in [4.69, 9.17) is 9.05 Å². The molecule has 0 aromatic carbocycles. The lowest BCUT2D eigenvalue weighted by atomic mass is 10.0. The molecule has 0 bridgehead atoms. The lowest BCUT2D eigenvalue weighted by Crippen LogP contribution is -2.45. The first-order valence-electron chi connectivity index (χ1n) is 22.7. The molecule has 2 N–H and O–H groups in total. The molecule has 3 atom stereocenters. The number of aliphatic hydroxyl groups excluding tert-OH is 1. The lowest BCUT2D eigenvalue weighted by molar-refractivity contribution is -0.870. The van der Waals surface area contributed by atoms with Crippen molar-refractivity contribution in [2.45, 2.75) is 219 Å². The molecule has 0 rings (SSSR count). The lowest BCUT2D eigenvalue weighted by Gasteiger charge is -2.29. The van der Waals surface area contributed by atoms with Gasteiger partial charge in [0.15, 0.2) is 0 Å². The van der Waals surface area contributed by atoms with Crippen molar-refractivity contribution < 1.29 is 32.9 Å². The number of carbonyl (C=O) groups excluding carboxylic acids is 1. The van der Waals surface area contributed by atoms with Crippen molar-refractivity contribution >= 4 is 13.7 Å². The molecular formula is C45H89N2O6P. The predicted molar refractivity (Wildman–Crippen MR) is 228 cm³/mol. The molecule has 0 saturated heterocycles. The fourth-order valence-electron chi connectivity index (χ4n) is 6.53. The Morgan fingerprint density at radius 2 is 1.04 bits per heavy atom. The van der Waals surface area contributed by atoms with E-state index in [1.54, 1.807) is 6.08 Å². The van der Waals surface area contributed by atoms with Crippen LogP contribution in [-0.2, 0) is 18.4 Å². The van der Waals surface area contributed by atoms with Crippen LogP contribution in [0.3, 0.4) is 0 Å². The summed E-state index contributed by atoms with van der Waals surface area (Å²) in [4.78, 5) is 25.1. The Morgan fingerprint density at radius 1 is 0.630 bits per heavy atom. The number of nitrogens with one attached hydrogen (secondary N) is 1. The molecule has 320 valence electrons. The number of quaternary nitrogens is 1. The average molecular weight is 785 g/mol. The van der Waals surface area contributed by atoms with E-state index in [-0.39, 0.29) is 12.5 Å². The Kier molecular flexibility index (Phi) is 36.8. The molecule has 0 radical (unpaired) electrons. The fraction of sp³-hybridized carbons (Fsp3) is 0.889. The van der Waals surface area contributed by atoms with Crippen molar-refractivity contribution in [2.75, 3.05) is 40.9 Å². The van der Waals surface area contributed by atoms with E-state index in [0.29, 0.717) is 17.4 Å². The third kappa shape index (κ3) is 39.2. The Balaban J connectivity index is 4.04. The zero-order chi connectivity index (χ0) is 40.0. The molecule has 0 aromatic heterocycles. The number of rotatable bonds is 41. The Bertz CT molecular complexity index is 938. The van der Waals surface area contributed by atoms with Gasteiger partial charge in [0.1, 0.15) is 13.2 Å². The summed E-state index contributed by atoms with van der Waals surface area (Å²) in [6.07, 6.45) is 44.2. The van der Waals surface area contributed by atoms with Gasteiger partial charge in [-0.25, -0.2) is 0 Å². The minimum Gasteiger partial charge on any atom is -0.756 e. The van der Waals surface area contributed by atoms with Gasteiger partial charge < -0.3 is 28.8 Å². The van der Waals surface area contributed by atoms with E-state index in [0.717, 1.165) is 44.9 Å². The minimum absolute atomic E-state index is 0.00506. The van der Waals surface area contributed by atoms with Gasteiger partial charge >= 0.3 is 0 Å². The van der Waals surface area contributed by atoms with Gasteiger partial charge in [0, 0.05) is 6.42 Å². The molecule has 0 aliphatic rings. The normalized spacial score (nSPS) is 14.6. The number of carbonyl (C=O) groups is 1. The molecule has 3 unspecified atom stereocenters. The standard InChI is InChI=1S/C45H89N2O6P/c1-6-8-10-12-14-15-16-17-18-19-20-21-22-23-24-25-26-27-28-29-30-31-33-35-37-39-45(49)46-43(44(48)38-36-34-32-13-11-9-7-2)42-53-54(50,51)52-41-40-47(3,4)5/h11,13,36,38,43-44,48H,6-10,12,14-35,37,39-42H2,1-5H3,(H-,46,49,50,51)/b13-11+,38-36+. The summed E-state index contributed by atoms with van der Waals surface area (Å²) in [6.45, 7) is 4.52. The smallest absolute Gasteiger partial charge is 0.268 e. The second-order valence-corrected chi connectivity index (χ2v) is 18.2. The molecule has 0 aromatic rings. The highest BCUT2D eigenvalue weighted by Crippen LogP contribution is 2.38. The van der Waals surface area contributed by atoms with Gasteiger partial charge in [-0.3, -0.25) is 9.36 Å². The van der Waals surface area contributed by atoms with Gasteiger partial charge in [0.2, 0.25) is 5.91 Å². The summed E-state index contributed by atoms with van der Waals surface area (Å²) in [5.41, 5.74) is 0. The summed E-state index contributed by atoms with van der Waals surface area (Å²) < 4.78 is 23.0. The van der Waals surface area contributed by atoms with E-state index >= 15 is 0 Å². The molecule has 54 heavy (non-hydrogen) atoms. The van der Waals surface area contributed by atoms with Crippen molar-refractivity contribution in [1.82, 2.24) is 5.32 Å². The molecule has 0 fully saturated rings. The first-order valence-corrected chi connectivity index (χ1v) is 24.2. The summed E-state index contributed by atoms with van der Waals surface area (Å²) in [7, 11) is 1.25. The van der Waals surface area contributed by atoms with Crippen molar-refractivity contribution in [3.8, 4) is 0 Å².